The van der Waals surface area contributed by atoms with Gasteiger partial charge in [0.05, 0.1) is 6.04 Å². The topological polar surface area (TPSA) is 77.9 Å². The van der Waals surface area contributed by atoms with Crippen molar-refractivity contribution in [3.8, 4) is 17.4 Å². The van der Waals surface area contributed by atoms with E-state index in [9.17, 15) is 9.90 Å². The highest BCUT2D eigenvalue weighted by atomic mass is 16.5. The Morgan fingerprint density at radius 2 is 1.94 bits per heavy atom. The van der Waals surface area contributed by atoms with E-state index in [2.05, 4.69) is 27.8 Å². The van der Waals surface area contributed by atoms with E-state index in [0.717, 1.165) is 43.7 Å². The molecular weight excluding hydrogens is 392 g/mol. The third-order valence-electron chi connectivity index (χ3n) is 6.16. The molecule has 0 saturated carbocycles. The van der Waals surface area contributed by atoms with Crippen LogP contribution in [0.1, 0.15) is 31.0 Å². The molecule has 0 radical (unpaired) electrons. The van der Waals surface area contributed by atoms with E-state index in [0.29, 0.717) is 18.2 Å². The Kier molecular flexibility index (Phi) is 6.13. The number of carbonyl (C=O) groups excluding carboxylic acids is 1. The first-order valence-corrected chi connectivity index (χ1v) is 10.8. The Morgan fingerprint density at radius 1 is 1.23 bits per heavy atom. The molecule has 7 heteroatoms. The van der Waals surface area contributed by atoms with Crippen LogP contribution in [0, 0.1) is 6.92 Å². The average molecular weight is 423 g/mol. The first-order valence-electron chi connectivity index (χ1n) is 10.8. The van der Waals surface area contributed by atoms with E-state index in [1.807, 2.05) is 24.8 Å². The number of aromatic hydroxyl groups is 1. The van der Waals surface area contributed by atoms with Gasteiger partial charge in [-0.25, -0.2) is 9.78 Å². The lowest BCUT2D eigenvalue weighted by molar-refractivity contribution is 0.119. The van der Waals surface area contributed by atoms with Gasteiger partial charge in [0.1, 0.15) is 11.5 Å². The summed E-state index contributed by atoms with van der Waals surface area (Å²) in [6.07, 6.45) is 1.93. The molecule has 7 nitrogen and oxygen atoms in total. The monoisotopic (exact) mass is 422 g/mol. The summed E-state index contributed by atoms with van der Waals surface area (Å²) >= 11 is 0. The molecule has 2 aromatic rings. The summed E-state index contributed by atoms with van der Waals surface area (Å²) in [5.74, 6) is 1.38. The number of rotatable bonds is 6. The Balaban J connectivity index is 1.33. The van der Waals surface area contributed by atoms with Crippen LogP contribution in [0.3, 0.4) is 0 Å². The van der Waals surface area contributed by atoms with Crippen molar-refractivity contribution in [3.63, 3.8) is 0 Å². The number of piperidine rings is 1. The summed E-state index contributed by atoms with van der Waals surface area (Å²) in [4.78, 5) is 21.3. The number of aryl methyl sites for hydroxylation is 1. The Bertz CT molecular complexity index is 952. The van der Waals surface area contributed by atoms with Crippen molar-refractivity contribution in [2.75, 3.05) is 19.6 Å². The maximum absolute atomic E-state index is 12.3. The number of likely N-dealkylation sites (tertiary alicyclic amines) is 1. The number of ether oxygens (including phenoxy) is 1. The predicted molar refractivity (Wildman–Crippen MR) is 119 cm³/mol. The molecule has 0 aliphatic carbocycles. The molecule has 1 unspecified atom stereocenters. The molecule has 2 aliphatic rings. The number of hydrogen-bond donors (Lipinski definition) is 2. The molecule has 2 saturated heterocycles. The van der Waals surface area contributed by atoms with E-state index in [1.165, 1.54) is 5.56 Å². The number of benzene rings is 1. The molecule has 2 aliphatic heterocycles. The fourth-order valence-electron chi connectivity index (χ4n) is 4.37. The molecule has 2 N–H and O–H groups in total. The molecule has 3 heterocycles. The molecule has 2 fully saturated rings. The van der Waals surface area contributed by atoms with Gasteiger partial charge in [-0.05, 0) is 56.5 Å². The quantitative estimate of drug-likeness (QED) is 0.692. The lowest BCUT2D eigenvalue weighted by Crippen LogP contribution is -2.49. The zero-order valence-corrected chi connectivity index (χ0v) is 18.2. The number of aromatic nitrogens is 1. The van der Waals surface area contributed by atoms with Crippen molar-refractivity contribution in [2.45, 2.75) is 45.3 Å². The van der Waals surface area contributed by atoms with Crippen molar-refractivity contribution in [2.24, 2.45) is 0 Å². The molecule has 1 atom stereocenters. The van der Waals surface area contributed by atoms with E-state index < -0.39 is 0 Å². The smallest absolute Gasteiger partial charge is 0.318 e. The van der Waals surface area contributed by atoms with Crippen molar-refractivity contribution in [3.05, 3.63) is 59.8 Å². The third-order valence-corrected chi connectivity index (χ3v) is 6.16. The molecule has 31 heavy (non-hydrogen) atoms. The predicted octanol–water partition coefficient (Wildman–Crippen LogP) is 3.82. The van der Waals surface area contributed by atoms with Gasteiger partial charge in [0.2, 0.25) is 5.88 Å². The summed E-state index contributed by atoms with van der Waals surface area (Å²) in [5.41, 5.74) is 3.16. The highest BCUT2D eigenvalue weighted by molar-refractivity contribution is 5.78. The maximum Gasteiger partial charge on any atom is 0.318 e. The zero-order chi connectivity index (χ0) is 22.0. The van der Waals surface area contributed by atoms with E-state index in [4.69, 9.17) is 4.74 Å². The number of urea groups is 1. The standard InChI is InChI=1S/C24H30N4O3/c1-16(2)22-14-25-24(30)28(22)19-10-12-27(13-11-19)15-18-4-9-23(26-17(18)3)31-21-7-5-20(29)6-8-21/h4-9,19,22,29H,1,10-15H2,2-3H3,(H,25,30). The second kappa shape index (κ2) is 8.98. The summed E-state index contributed by atoms with van der Waals surface area (Å²) in [6, 6.07) is 11.0. The minimum Gasteiger partial charge on any atom is -0.508 e. The SMILES string of the molecule is C=C(C)C1CNC(=O)N1C1CCN(Cc2ccc(Oc3ccc(O)cc3)nc2C)CC1. The van der Waals surface area contributed by atoms with Gasteiger partial charge in [-0.15, -0.1) is 0 Å². The second-order valence-electron chi connectivity index (χ2n) is 8.45. The number of nitrogens with zero attached hydrogens (tertiary/aromatic N) is 3. The highest BCUT2D eigenvalue weighted by Crippen LogP contribution is 2.27. The number of phenolic OH excluding ortho intramolecular Hbond substituents is 1. The van der Waals surface area contributed by atoms with Gasteiger partial charge in [-0.3, -0.25) is 4.90 Å². The minimum atomic E-state index is 0.0377. The van der Waals surface area contributed by atoms with Gasteiger partial charge >= 0.3 is 6.03 Å². The van der Waals surface area contributed by atoms with Gasteiger partial charge in [-0.2, -0.15) is 0 Å². The molecule has 1 aromatic heterocycles. The molecule has 1 aromatic carbocycles. The van der Waals surface area contributed by atoms with Crippen molar-refractivity contribution in [1.29, 1.82) is 0 Å². The first-order chi connectivity index (χ1) is 14.9. The number of amides is 2. The largest absolute Gasteiger partial charge is 0.508 e. The van der Waals surface area contributed by atoms with Crippen LogP contribution in [0.15, 0.2) is 48.6 Å². The van der Waals surface area contributed by atoms with Crippen molar-refractivity contribution < 1.29 is 14.6 Å². The summed E-state index contributed by atoms with van der Waals surface area (Å²) in [7, 11) is 0. The van der Waals surface area contributed by atoms with Crippen LogP contribution in [-0.4, -0.2) is 57.6 Å². The number of nitrogens with one attached hydrogen (secondary N) is 1. The van der Waals surface area contributed by atoms with Crippen LogP contribution in [0.25, 0.3) is 0 Å². The van der Waals surface area contributed by atoms with E-state index >= 15 is 0 Å². The van der Waals surface area contributed by atoms with Crippen molar-refractivity contribution in [1.82, 2.24) is 20.1 Å². The second-order valence-corrected chi connectivity index (χ2v) is 8.45. The van der Waals surface area contributed by atoms with Crippen LogP contribution in [0.2, 0.25) is 0 Å². The van der Waals surface area contributed by atoms with E-state index in [1.54, 1.807) is 24.3 Å². The van der Waals surface area contributed by atoms with Crippen LogP contribution < -0.4 is 10.1 Å². The number of pyridine rings is 1. The third kappa shape index (κ3) is 4.82. The first kappa shape index (κ1) is 21.2. The summed E-state index contributed by atoms with van der Waals surface area (Å²) in [6.45, 7) is 11.5. The van der Waals surface area contributed by atoms with E-state index in [-0.39, 0.29) is 23.9 Å². The normalized spacial score (nSPS) is 20.0. The highest BCUT2D eigenvalue weighted by Gasteiger charge is 2.37. The van der Waals surface area contributed by atoms with Gasteiger partial charge in [0, 0.05) is 44.0 Å². The van der Waals surface area contributed by atoms with Crippen LogP contribution in [0.4, 0.5) is 4.79 Å². The van der Waals surface area contributed by atoms with Crippen LogP contribution in [0.5, 0.6) is 17.4 Å². The lowest BCUT2D eigenvalue weighted by Gasteiger charge is -2.39. The molecule has 0 bridgehead atoms. The van der Waals surface area contributed by atoms with Gasteiger partial charge < -0.3 is 20.1 Å². The minimum absolute atomic E-state index is 0.0377. The Hall–Kier alpha value is -3.06. The Labute approximate surface area is 183 Å². The van der Waals surface area contributed by atoms with Gasteiger partial charge in [0.25, 0.3) is 0 Å². The number of hydrogen-bond acceptors (Lipinski definition) is 5. The maximum atomic E-state index is 12.3. The zero-order valence-electron chi connectivity index (χ0n) is 18.2. The average Bonchev–Trinajstić information content (AvgIpc) is 3.14. The van der Waals surface area contributed by atoms with Gasteiger partial charge in [0.15, 0.2) is 0 Å². The summed E-state index contributed by atoms with van der Waals surface area (Å²) < 4.78 is 5.78. The molecule has 164 valence electrons. The summed E-state index contributed by atoms with van der Waals surface area (Å²) in [5, 5.41) is 12.3. The molecule has 4 rings (SSSR count). The molecular formula is C24H30N4O3. The van der Waals surface area contributed by atoms with Crippen LogP contribution >= 0.6 is 0 Å². The number of phenols is 1. The lowest BCUT2D eigenvalue weighted by atomic mass is 9.99. The van der Waals surface area contributed by atoms with Crippen molar-refractivity contribution >= 4 is 6.03 Å². The molecule has 2 amide bonds. The number of carbonyl (C=O) groups is 1. The molecule has 0 spiro atoms. The Morgan fingerprint density at radius 3 is 2.58 bits per heavy atom. The fourth-order valence-corrected chi connectivity index (χ4v) is 4.37. The van der Waals surface area contributed by atoms with Gasteiger partial charge in [-0.1, -0.05) is 18.2 Å². The fraction of sp³-hybridized carbons (Fsp3) is 0.417. The van der Waals surface area contributed by atoms with Crippen LogP contribution in [-0.2, 0) is 6.54 Å².